The van der Waals surface area contributed by atoms with Gasteiger partial charge in [-0.1, -0.05) is 29.8 Å². The maximum atomic E-state index is 12.6. The molecule has 6 nitrogen and oxygen atoms in total. The van der Waals surface area contributed by atoms with Crippen LogP contribution in [-0.4, -0.2) is 25.5 Å². The molecule has 0 atom stereocenters. The molecule has 0 amide bonds. The standard InChI is InChI=1S/C27H29ClN2O4S/c1-18(2)30-35(31,32)21-9-10-25(28)19(15-21)17-33-27(12-13-27)24-16-29-14-11-22(24)23-5-3-4-6-26(23)34-20-7-8-20/h3-6,9-11,14-16,18,20,30H,7-8,12-13,17H2,1-2H3. The van der Waals surface area contributed by atoms with E-state index < -0.39 is 15.6 Å². The third-order valence-electron chi connectivity index (χ3n) is 6.23. The van der Waals surface area contributed by atoms with Crippen molar-refractivity contribution in [1.82, 2.24) is 9.71 Å². The second kappa shape index (κ2) is 9.54. The molecule has 0 unspecified atom stereocenters. The number of hydrogen-bond donors (Lipinski definition) is 1. The van der Waals surface area contributed by atoms with E-state index >= 15 is 0 Å². The Hall–Kier alpha value is -2.45. The first-order valence-electron chi connectivity index (χ1n) is 11.9. The highest BCUT2D eigenvalue weighted by molar-refractivity contribution is 7.89. The molecule has 2 aliphatic rings. The quantitative estimate of drug-likeness (QED) is 0.369. The highest BCUT2D eigenvalue weighted by Crippen LogP contribution is 2.53. The molecule has 1 N–H and O–H groups in total. The number of para-hydroxylation sites is 1. The second-order valence-electron chi connectivity index (χ2n) is 9.55. The number of nitrogens with one attached hydrogen (secondary N) is 1. The van der Waals surface area contributed by atoms with Gasteiger partial charge >= 0.3 is 0 Å². The Balaban J connectivity index is 1.41. The van der Waals surface area contributed by atoms with Crippen LogP contribution >= 0.6 is 11.6 Å². The average Bonchev–Trinajstić information content (AvgIpc) is 3.75. The molecule has 1 aromatic heterocycles. The Kier molecular flexibility index (Phi) is 6.61. The summed E-state index contributed by atoms with van der Waals surface area (Å²) in [6.45, 7) is 3.76. The smallest absolute Gasteiger partial charge is 0.240 e. The lowest BCUT2D eigenvalue weighted by atomic mass is 9.96. The van der Waals surface area contributed by atoms with E-state index in [0.717, 1.165) is 48.1 Å². The SMILES string of the molecule is CC(C)NS(=O)(=O)c1ccc(Cl)c(COC2(c3cnccc3-c3ccccc3OC3CC3)CC2)c1. The van der Waals surface area contributed by atoms with E-state index in [2.05, 4.69) is 15.8 Å². The van der Waals surface area contributed by atoms with Gasteiger partial charge in [-0.25, -0.2) is 13.1 Å². The van der Waals surface area contributed by atoms with Gasteiger partial charge in [0.2, 0.25) is 10.0 Å². The van der Waals surface area contributed by atoms with Crippen LogP contribution in [0.5, 0.6) is 5.75 Å². The zero-order valence-corrected chi connectivity index (χ0v) is 21.4. The fourth-order valence-corrected chi connectivity index (χ4v) is 5.65. The second-order valence-corrected chi connectivity index (χ2v) is 11.7. The Morgan fingerprint density at radius 1 is 1.11 bits per heavy atom. The number of aromatic nitrogens is 1. The summed E-state index contributed by atoms with van der Waals surface area (Å²) in [6.07, 6.45) is 7.83. The predicted molar refractivity (Wildman–Crippen MR) is 136 cm³/mol. The monoisotopic (exact) mass is 512 g/mol. The molecule has 0 bridgehead atoms. The maximum Gasteiger partial charge on any atom is 0.240 e. The molecule has 2 fully saturated rings. The van der Waals surface area contributed by atoms with Gasteiger partial charge in [0, 0.05) is 34.6 Å². The number of rotatable bonds is 10. The average molecular weight is 513 g/mol. The van der Waals surface area contributed by atoms with E-state index in [1.54, 1.807) is 32.2 Å². The molecule has 2 aromatic carbocycles. The molecule has 2 aliphatic carbocycles. The molecule has 5 rings (SSSR count). The van der Waals surface area contributed by atoms with E-state index in [-0.39, 0.29) is 17.5 Å². The van der Waals surface area contributed by atoms with Crippen LogP contribution in [0.25, 0.3) is 11.1 Å². The van der Waals surface area contributed by atoms with Crippen LogP contribution < -0.4 is 9.46 Å². The van der Waals surface area contributed by atoms with E-state index in [9.17, 15) is 8.42 Å². The summed E-state index contributed by atoms with van der Waals surface area (Å²) in [7, 11) is -3.63. The fraction of sp³-hybridized carbons (Fsp3) is 0.370. The first-order valence-corrected chi connectivity index (χ1v) is 13.8. The number of benzene rings is 2. The molecule has 3 aromatic rings. The van der Waals surface area contributed by atoms with Gasteiger partial charge in [0.05, 0.1) is 23.2 Å². The molecule has 184 valence electrons. The minimum atomic E-state index is -3.63. The van der Waals surface area contributed by atoms with Gasteiger partial charge in [0.25, 0.3) is 0 Å². The highest BCUT2D eigenvalue weighted by atomic mass is 35.5. The van der Waals surface area contributed by atoms with Crippen LogP contribution in [0, 0.1) is 0 Å². The molecular weight excluding hydrogens is 484 g/mol. The third-order valence-corrected chi connectivity index (χ3v) is 8.26. The van der Waals surface area contributed by atoms with Gasteiger partial charge in [-0.05, 0) is 81.0 Å². The predicted octanol–water partition coefficient (Wildman–Crippen LogP) is 5.84. The number of ether oxygens (including phenoxy) is 2. The molecule has 1 heterocycles. The number of halogens is 1. The summed E-state index contributed by atoms with van der Waals surface area (Å²) in [4.78, 5) is 4.57. The van der Waals surface area contributed by atoms with Crippen molar-refractivity contribution >= 4 is 21.6 Å². The lowest BCUT2D eigenvalue weighted by molar-refractivity contribution is 0.0173. The van der Waals surface area contributed by atoms with Crippen LogP contribution in [-0.2, 0) is 27.0 Å². The van der Waals surface area contributed by atoms with Crippen LogP contribution in [0.2, 0.25) is 5.02 Å². The summed E-state index contributed by atoms with van der Waals surface area (Å²) < 4.78 is 40.5. The lowest BCUT2D eigenvalue weighted by Gasteiger charge is -2.22. The Labute approximate surface area is 211 Å². The molecule has 8 heteroatoms. The first kappa shape index (κ1) is 24.3. The van der Waals surface area contributed by atoms with Gasteiger partial charge in [0.1, 0.15) is 5.75 Å². The van der Waals surface area contributed by atoms with Crippen molar-refractivity contribution in [2.45, 2.75) is 68.8 Å². The molecule has 2 saturated carbocycles. The molecule has 35 heavy (non-hydrogen) atoms. The van der Waals surface area contributed by atoms with Crippen LogP contribution in [0.1, 0.15) is 50.7 Å². The van der Waals surface area contributed by atoms with Crippen molar-refractivity contribution in [3.8, 4) is 16.9 Å². The van der Waals surface area contributed by atoms with E-state index in [0.29, 0.717) is 16.7 Å². The first-order chi connectivity index (χ1) is 16.8. The molecule has 0 spiro atoms. The number of nitrogens with zero attached hydrogens (tertiary/aromatic N) is 1. The van der Waals surface area contributed by atoms with Gasteiger partial charge in [-0.3, -0.25) is 4.98 Å². The van der Waals surface area contributed by atoms with Gasteiger partial charge in [0.15, 0.2) is 0 Å². The Morgan fingerprint density at radius 3 is 2.60 bits per heavy atom. The van der Waals surface area contributed by atoms with E-state index in [4.69, 9.17) is 21.1 Å². The Bertz CT molecular complexity index is 1330. The van der Waals surface area contributed by atoms with E-state index in [1.165, 1.54) is 6.07 Å². The van der Waals surface area contributed by atoms with Crippen LogP contribution in [0.4, 0.5) is 0 Å². The molecular formula is C27H29ClN2O4S. The van der Waals surface area contributed by atoms with Crippen molar-refractivity contribution in [3.05, 3.63) is 77.1 Å². The lowest BCUT2D eigenvalue weighted by Crippen LogP contribution is -2.30. The summed E-state index contributed by atoms with van der Waals surface area (Å²) >= 11 is 6.43. The fourth-order valence-electron chi connectivity index (χ4n) is 4.18. The van der Waals surface area contributed by atoms with Crippen molar-refractivity contribution in [2.75, 3.05) is 0 Å². The van der Waals surface area contributed by atoms with Gasteiger partial charge in [-0.2, -0.15) is 0 Å². The molecule has 0 saturated heterocycles. The minimum Gasteiger partial charge on any atom is -0.490 e. The third kappa shape index (κ3) is 5.38. The van der Waals surface area contributed by atoms with Crippen molar-refractivity contribution in [2.24, 2.45) is 0 Å². The van der Waals surface area contributed by atoms with Crippen molar-refractivity contribution < 1.29 is 17.9 Å². The highest BCUT2D eigenvalue weighted by Gasteiger charge is 2.47. The van der Waals surface area contributed by atoms with Crippen LogP contribution in [0.15, 0.2) is 65.8 Å². The number of sulfonamides is 1. The minimum absolute atomic E-state index is 0.173. The zero-order valence-electron chi connectivity index (χ0n) is 19.8. The van der Waals surface area contributed by atoms with Gasteiger partial charge < -0.3 is 9.47 Å². The summed E-state index contributed by atoms with van der Waals surface area (Å²) in [5.74, 6) is 0.872. The number of hydrogen-bond acceptors (Lipinski definition) is 5. The Morgan fingerprint density at radius 2 is 1.89 bits per heavy atom. The van der Waals surface area contributed by atoms with Gasteiger partial charge in [-0.15, -0.1) is 0 Å². The van der Waals surface area contributed by atoms with Crippen LogP contribution in [0.3, 0.4) is 0 Å². The number of pyridine rings is 1. The normalized spacial score (nSPS) is 16.9. The van der Waals surface area contributed by atoms with E-state index in [1.807, 2.05) is 30.5 Å². The largest absolute Gasteiger partial charge is 0.490 e. The summed E-state index contributed by atoms with van der Waals surface area (Å²) in [5.41, 5.74) is 3.21. The zero-order chi connectivity index (χ0) is 24.6. The summed E-state index contributed by atoms with van der Waals surface area (Å²) in [5, 5.41) is 0.471. The summed E-state index contributed by atoms with van der Waals surface area (Å²) in [6, 6.07) is 14.6. The topological polar surface area (TPSA) is 77.5 Å². The molecule has 0 radical (unpaired) electrons. The molecule has 0 aliphatic heterocycles. The van der Waals surface area contributed by atoms with Crippen molar-refractivity contribution in [1.29, 1.82) is 0 Å². The van der Waals surface area contributed by atoms with Crippen molar-refractivity contribution in [3.63, 3.8) is 0 Å². The maximum absolute atomic E-state index is 12.6.